The molecule has 4 rings (SSSR count). The molecule has 0 saturated heterocycles. The van der Waals surface area contributed by atoms with E-state index in [1.165, 1.54) is 22.5 Å². The van der Waals surface area contributed by atoms with E-state index in [1.54, 1.807) is 30.0 Å². The first kappa shape index (κ1) is 14.6. The van der Waals surface area contributed by atoms with E-state index in [-0.39, 0.29) is 11.7 Å². The fourth-order valence-electron chi connectivity index (χ4n) is 3.18. The van der Waals surface area contributed by atoms with Gasteiger partial charge in [-0.15, -0.1) is 0 Å². The highest BCUT2D eigenvalue weighted by Crippen LogP contribution is 2.29. The lowest BCUT2D eigenvalue weighted by molar-refractivity contribution is 0.0989. The summed E-state index contributed by atoms with van der Waals surface area (Å²) in [6.07, 6.45) is 2.37. The Balaban J connectivity index is 1.72. The van der Waals surface area contributed by atoms with Crippen LogP contribution >= 0.6 is 0 Å². The number of para-hydroxylation sites is 2. The largest absolute Gasteiger partial charge is 0.308 e. The number of amides is 1. The molecule has 2 heterocycles. The second-order valence-corrected chi connectivity index (χ2v) is 5.84. The molecule has 0 aliphatic carbocycles. The number of hydrogen-bond donors (Lipinski definition) is 0. The first-order valence-electron chi connectivity index (χ1n) is 7.86. The minimum atomic E-state index is -0.366. The highest BCUT2D eigenvalue weighted by atomic mass is 19.1. The molecular weight excluding hydrogens is 305 g/mol. The Morgan fingerprint density at radius 2 is 1.79 bits per heavy atom. The lowest BCUT2D eigenvalue weighted by Crippen LogP contribution is -2.29. The molecule has 0 saturated carbocycles. The third-order valence-corrected chi connectivity index (χ3v) is 4.45. The third kappa shape index (κ3) is 2.21. The van der Waals surface area contributed by atoms with E-state index in [4.69, 9.17) is 0 Å². The Labute approximate surface area is 139 Å². The Hall–Kier alpha value is -2.95. The van der Waals surface area contributed by atoms with Crippen molar-refractivity contribution in [2.24, 2.45) is 0 Å². The molecule has 120 valence electrons. The van der Waals surface area contributed by atoms with Crippen molar-refractivity contribution in [3.05, 3.63) is 77.4 Å². The van der Waals surface area contributed by atoms with Gasteiger partial charge in [-0.05, 0) is 37.1 Å². The van der Waals surface area contributed by atoms with Gasteiger partial charge in [0.15, 0.2) is 0 Å². The van der Waals surface area contributed by atoms with Crippen LogP contribution in [-0.2, 0) is 6.42 Å². The number of fused-ring (bicyclic) bond motifs is 1. The Bertz CT molecular complexity index is 932. The predicted octanol–water partition coefficient (Wildman–Crippen LogP) is 3.52. The van der Waals surface area contributed by atoms with Gasteiger partial charge in [0.1, 0.15) is 11.5 Å². The first-order chi connectivity index (χ1) is 11.7. The monoisotopic (exact) mass is 321 g/mol. The summed E-state index contributed by atoms with van der Waals surface area (Å²) in [6.45, 7) is 2.44. The van der Waals surface area contributed by atoms with Gasteiger partial charge in [0.2, 0.25) is 0 Å². The minimum Gasteiger partial charge on any atom is -0.308 e. The van der Waals surface area contributed by atoms with Crippen molar-refractivity contribution < 1.29 is 9.18 Å². The topological polar surface area (TPSA) is 38.1 Å². The van der Waals surface area contributed by atoms with E-state index in [9.17, 15) is 9.18 Å². The first-order valence-corrected chi connectivity index (χ1v) is 7.86. The molecule has 0 unspecified atom stereocenters. The van der Waals surface area contributed by atoms with Gasteiger partial charge in [-0.25, -0.2) is 9.07 Å². The lowest BCUT2D eigenvalue weighted by Gasteiger charge is -2.17. The number of benzene rings is 2. The van der Waals surface area contributed by atoms with Crippen molar-refractivity contribution in [1.29, 1.82) is 0 Å². The lowest BCUT2D eigenvalue weighted by atomic mass is 10.1. The number of anilines is 1. The van der Waals surface area contributed by atoms with Crippen LogP contribution in [0.15, 0.2) is 54.7 Å². The maximum atomic E-state index is 14.0. The summed E-state index contributed by atoms with van der Waals surface area (Å²) >= 11 is 0. The minimum absolute atomic E-state index is 0.0972. The van der Waals surface area contributed by atoms with Gasteiger partial charge in [-0.3, -0.25) is 4.79 Å². The molecule has 3 aromatic rings. The molecule has 0 spiro atoms. The van der Waals surface area contributed by atoms with E-state index in [2.05, 4.69) is 5.10 Å². The summed E-state index contributed by atoms with van der Waals surface area (Å²) < 4.78 is 15.5. The summed E-state index contributed by atoms with van der Waals surface area (Å²) in [5, 5.41) is 4.22. The van der Waals surface area contributed by atoms with Crippen LogP contribution in [0.1, 0.15) is 21.6 Å². The SMILES string of the molecule is Cc1c(C(=O)N2CCc3ccccc32)cnn1-c1ccccc1F. The van der Waals surface area contributed by atoms with Gasteiger partial charge in [-0.2, -0.15) is 5.10 Å². The number of hydrogen-bond acceptors (Lipinski definition) is 2. The van der Waals surface area contributed by atoms with E-state index < -0.39 is 0 Å². The van der Waals surface area contributed by atoms with Crippen molar-refractivity contribution in [1.82, 2.24) is 9.78 Å². The average Bonchev–Trinajstić information content (AvgIpc) is 3.19. The van der Waals surface area contributed by atoms with Gasteiger partial charge in [-0.1, -0.05) is 30.3 Å². The van der Waals surface area contributed by atoms with Gasteiger partial charge >= 0.3 is 0 Å². The molecule has 5 heteroatoms. The van der Waals surface area contributed by atoms with Crippen LogP contribution in [0.2, 0.25) is 0 Å². The summed E-state index contributed by atoms with van der Waals surface area (Å²) in [5.74, 6) is -0.464. The number of rotatable bonds is 2. The van der Waals surface area contributed by atoms with Crippen LogP contribution in [0.25, 0.3) is 5.69 Å². The van der Waals surface area contributed by atoms with Crippen LogP contribution in [0.4, 0.5) is 10.1 Å². The van der Waals surface area contributed by atoms with Crippen LogP contribution in [0.5, 0.6) is 0 Å². The molecule has 1 aromatic heterocycles. The van der Waals surface area contributed by atoms with E-state index in [0.29, 0.717) is 23.5 Å². The Morgan fingerprint density at radius 1 is 1.08 bits per heavy atom. The maximum Gasteiger partial charge on any atom is 0.261 e. The second-order valence-electron chi connectivity index (χ2n) is 5.84. The molecule has 1 aliphatic rings. The fourth-order valence-corrected chi connectivity index (χ4v) is 3.18. The summed E-state index contributed by atoms with van der Waals surface area (Å²) in [4.78, 5) is 14.7. The van der Waals surface area contributed by atoms with Crippen molar-refractivity contribution >= 4 is 11.6 Å². The fraction of sp³-hybridized carbons (Fsp3) is 0.158. The van der Waals surface area contributed by atoms with Crippen molar-refractivity contribution in [3.63, 3.8) is 0 Å². The predicted molar refractivity (Wildman–Crippen MR) is 90.1 cm³/mol. The second kappa shape index (κ2) is 5.60. The van der Waals surface area contributed by atoms with Crippen LogP contribution in [0, 0.1) is 12.7 Å². The van der Waals surface area contributed by atoms with E-state index in [1.807, 2.05) is 24.3 Å². The molecule has 0 atom stereocenters. The number of halogens is 1. The number of carbonyl (C=O) groups excluding carboxylic acids is 1. The van der Waals surface area contributed by atoms with Gasteiger partial charge in [0, 0.05) is 12.2 Å². The maximum absolute atomic E-state index is 14.0. The molecule has 0 radical (unpaired) electrons. The zero-order valence-electron chi connectivity index (χ0n) is 13.2. The molecule has 0 N–H and O–H groups in total. The van der Waals surface area contributed by atoms with Gasteiger partial charge in [0.25, 0.3) is 5.91 Å². The third-order valence-electron chi connectivity index (χ3n) is 4.45. The molecule has 4 nitrogen and oxygen atoms in total. The summed E-state index contributed by atoms with van der Waals surface area (Å²) in [7, 11) is 0. The van der Waals surface area contributed by atoms with E-state index >= 15 is 0 Å². The molecule has 1 amide bonds. The molecule has 0 fully saturated rings. The molecular formula is C19H16FN3O. The smallest absolute Gasteiger partial charge is 0.261 e. The van der Waals surface area contributed by atoms with Crippen molar-refractivity contribution in [3.8, 4) is 5.69 Å². The van der Waals surface area contributed by atoms with Crippen molar-refractivity contribution in [2.75, 3.05) is 11.4 Å². The zero-order valence-corrected chi connectivity index (χ0v) is 13.2. The average molecular weight is 321 g/mol. The number of carbonyl (C=O) groups is 1. The summed E-state index contributed by atoms with van der Waals surface area (Å²) in [5.41, 5.74) is 3.59. The van der Waals surface area contributed by atoms with Gasteiger partial charge < -0.3 is 4.90 Å². The van der Waals surface area contributed by atoms with Crippen LogP contribution in [-0.4, -0.2) is 22.2 Å². The normalized spacial score (nSPS) is 13.2. The van der Waals surface area contributed by atoms with Crippen LogP contribution < -0.4 is 4.90 Å². The Morgan fingerprint density at radius 3 is 2.58 bits per heavy atom. The van der Waals surface area contributed by atoms with E-state index in [0.717, 1.165) is 12.1 Å². The Kier molecular flexibility index (Phi) is 3.41. The molecule has 1 aliphatic heterocycles. The molecule has 0 bridgehead atoms. The highest BCUT2D eigenvalue weighted by Gasteiger charge is 2.27. The molecule has 2 aromatic carbocycles. The van der Waals surface area contributed by atoms with Gasteiger partial charge in [0.05, 0.1) is 17.5 Å². The van der Waals surface area contributed by atoms with Crippen molar-refractivity contribution in [2.45, 2.75) is 13.3 Å². The zero-order chi connectivity index (χ0) is 16.7. The number of aromatic nitrogens is 2. The van der Waals surface area contributed by atoms with Crippen LogP contribution in [0.3, 0.4) is 0 Å². The standard InChI is InChI=1S/C19H16FN3O/c1-13-15(12-21-23(13)18-9-5-3-7-16(18)20)19(24)22-11-10-14-6-2-4-8-17(14)22/h2-9,12H,10-11H2,1H3. The summed E-state index contributed by atoms with van der Waals surface area (Å²) in [6, 6.07) is 14.3. The number of nitrogens with zero attached hydrogens (tertiary/aromatic N) is 3. The highest BCUT2D eigenvalue weighted by molar-refractivity contribution is 6.07. The molecule has 24 heavy (non-hydrogen) atoms. The quantitative estimate of drug-likeness (QED) is 0.724.